The van der Waals surface area contributed by atoms with Gasteiger partial charge in [-0.1, -0.05) is 32.3 Å². The predicted molar refractivity (Wildman–Crippen MR) is 79.4 cm³/mol. The topological polar surface area (TPSA) is 82.1 Å². The summed E-state index contributed by atoms with van der Waals surface area (Å²) in [6.07, 6.45) is 7.77. The Bertz CT molecular complexity index is 490. The van der Waals surface area contributed by atoms with E-state index in [1.807, 2.05) is 0 Å². The predicted octanol–water partition coefficient (Wildman–Crippen LogP) is 1.75. The molecule has 0 aromatic carbocycles. The van der Waals surface area contributed by atoms with Crippen molar-refractivity contribution in [3.8, 4) is 0 Å². The monoisotopic (exact) mass is 292 g/mol. The van der Waals surface area contributed by atoms with E-state index in [1.165, 1.54) is 11.8 Å². The maximum absolute atomic E-state index is 12.4. The number of H-pyrrole nitrogens is 1. The number of amides is 1. The number of hydrogen-bond donors (Lipinski definition) is 2. The number of likely N-dealkylation sites (tertiary alicyclic amines) is 1. The first-order chi connectivity index (χ1) is 10.1. The molecule has 0 radical (unpaired) electrons. The van der Waals surface area contributed by atoms with Crippen molar-refractivity contribution in [1.82, 2.24) is 20.3 Å². The minimum Gasteiger partial charge on any atom is -0.381 e. The molecule has 116 valence electrons. The van der Waals surface area contributed by atoms with Crippen molar-refractivity contribution in [3.05, 3.63) is 23.5 Å². The molecule has 1 saturated heterocycles. The molecule has 2 heterocycles. The first kappa shape index (κ1) is 15.7. The van der Waals surface area contributed by atoms with E-state index in [4.69, 9.17) is 0 Å². The molecule has 1 atom stereocenters. The summed E-state index contributed by atoms with van der Waals surface area (Å²) in [5.41, 5.74) is 0.623. The highest BCUT2D eigenvalue weighted by Crippen LogP contribution is 2.30. The minimum absolute atomic E-state index is 0.00804. The molecular weight excluding hydrogens is 268 g/mol. The van der Waals surface area contributed by atoms with Crippen molar-refractivity contribution in [2.75, 3.05) is 13.1 Å². The number of nitrogens with zero attached hydrogens (tertiary/aromatic N) is 3. The Labute approximate surface area is 125 Å². The molecule has 0 saturated carbocycles. The molecule has 1 aliphatic heterocycles. The van der Waals surface area contributed by atoms with Crippen molar-refractivity contribution in [3.63, 3.8) is 0 Å². The van der Waals surface area contributed by atoms with Crippen LogP contribution in [0, 0.1) is 0 Å². The van der Waals surface area contributed by atoms with Gasteiger partial charge in [0.2, 0.25) is 5.91 Å². The van der Waals surface area contributed by atoms with E-state index in [9.17, 15) is 9.90 Å². The average Bonchev–Trinajstić information content (AvgIpc) is 3.09. The van der Waals surface area contributed by atoms with Crippen molar-refractivity contribution in [2.24, 2.45) is 0 Å². The number of hydrogen-bond acceptors (Lipinski definition) is 4. The molecule has 6 nitrogen and oxygen atoms in total. The SMILES string of the molecule is CCCC(=CC(=O)N1CC[C@](O)(c2cn[nH]n2)C1)CCC. The summed E-state index contributed by atoms with van der Waals surface area (Å²) in [7, 11) is 0. The Balaban J connectivity index is 2.03. The number of rotatable bonds is 6. The highest BCUT2D eigenvalue weighted by atomic mass is 16.3. The molecule has 21 heavy (non-hydrogen) atoms. The molecule has 1 aromatic rings. The Morgan fingerprint density at radius 2 is 2.19 bits per heavy atom. The second-order valence-corrected chi connectivity index (χ2v) is 5.70. The van der Waals surface area contributed by atoms with E-state index < -0.39 is 5.60 Å². The second-order valence-electron chi connectivity index (χ2n) is 5.70. The van der Waals surface area contributed by atoms with Gasteiger partial charge in [0.15, 0.2) is 0 Å². The number of aromatic nitrogens is 3. The fraction of sp³-hybridized carbons (Fsp3) is 0.667. The van der Waals surface area contributed by atoms with E-state index in [-0.39, 0.29) is 12.5 Å². The van der Waals surface area contributed by atoms with Crippen molar-refractivity contribution >= 4 is 5.91 Å². The molecule has 0 aliphatic carbocycles. The summed E-state index contributed by atoms with van der Waals surface area (Å²) in [6.45, 7) is 5.06. The number of carbonyl (C=O) groups excluding carboxylic acids is 1. The van der Waals surface area contributed by atoms with Crippen LogP contribution < -0.4 is 0 Å². The smallest absolute Gasteiger partial charge is 0.246 e. The lowest BCUT2D eigenvalue weighted by Gasteiger charge is -2.20. The maximum Gasteiger partial charge on any atom is 0.246 e. The van der Waals surface area contributed by atoms with Gasteiger partial charge in [-0.3, -0.25) is 4.79 Å². The summed E-state index contributed by atoms with van der Waals surface area (Å²) < 4.78 is 0. The van der Waals surface area contributed by atoms with Crippen LogP contribution in [0.5, 0.6) is 0 Å². The van der Waals surface area contributed by atoms with Crippen LogP contribution in [-0.4, -0.2) is 44.4 Å². The number of aromatic amines is 1. The number of allylic oxidation sites excluding steroid dienone is 1. The fourth-order valence-corrected chi connectivity index (χ4v) is 2.79. The van der Waals surface area contributed by atoms with Gasteiger partial charge in [0.05, 0.1) is 12.7 Å². The number of carbonyl (C=O) groups is 1. The molecular formula is C15H24N4O2. The van der Waals surface area contributed by atoms with Gasteiger partial charge < -0.3 is 10.0 Å². The van der Waals surface area contributed by atoms with Crippen LogP contribution in [0.15, 0.2) is 17.8 Å². The normalized spacial score (nSPS) is 21.6. The lowest BCUT2D eigenvalue weighted by atomic mass is 10.00. The molecule has 0 unspecified atom stereocenters. The molecule has 2 N–H and O–H groups in total. The fourth-order valence-electron chi connectivity index (χ4n) is 2.79. The largest absolute Gasteiger partial charge is 0.381 e. The van der Waals surface area contributed by atoms with Gasteiger partial charge >= 0.3 is 0 Å². The number of β-amino-alcohol motifs (C(OH)–C–C–N with tert-alkyl or cyclic N) is 1. The van der Waals surface area contributed by atoms with E-state index in [1.54, 1.807) is 11.0 Å². The zero-order chi connectivity index (χ0) is 15.3. The molecule has 0 spiro atoms. The van der Waals surface area contributed by atoms with Crippen LogP contribution in [0.4, 0.5) is 0 Å². The van der Waals surface area contributed by atoms with Crippen LogP contribution in [0.1, 0.15) is 51.6 Å². The third kappa shape index (κ3) is 3.69. The second kappa shape index (κ2) is 6.85. The summed E-state index contributed by atoms with van der Waals surface area (Å²) in [5, 5.41) is 20.8. The maximum atomic E-state index is 12.4. The van der Waals surface area contributed by atoms with Crippen molar-refractivity contribution in [1.29, 1.82) is 0 Å². The first-order valence-corrected chi connectivity index (χ1v) is 7.66. The summed E-state index contributed by atoms with van der Waals surface area (Å²) in [5.74, 6) is -0.00804. The lowest BCUT2D eigenvalue weighted by Crippen LogP contribution is -2.34. The zero-order valence-corrected chi connectivity index (χ0v) is 12.8. The highest BCUT2D eigenvalue weighted by molar-refractivity contribution is 5.88. The van der Waals surface area contributed by atoms with Crippen molar-refractivity contribution < 1.29 is 9.90 Å². The summed E-state index contributed by atoms with van der Waals surface area (Å²) >= 11 is 0. The quantitative estimate of drug-likeness (QED) is 0.783. The molecule has 1 amide bonds. The Morgan fingerprint density at radius 3 is 2.76 bits per heavy atom. The average molecular weight is 292 g/mol. The van der Waals surface area contributed by atoms with Gasteiger partial charge in [0.25, 0.3) is 0 Å². The minimum atomic E-state index is -1.08. The van der Waals surface area contributed by atoms with Gasteiger partial charge in [-0.2, -0.15) is 15.4 Å². The van der Waals surface area contributed by atoms with E-state index >= 15 is 0 Å². The summed E-state index contributed by atoms with van der Waals surface area (Å²) in [6, 6.07) is 0. The van der Waals surface area contributed by atoms with Crippen LogP contribution in [0.3, 0.4) is 0 Å². The molecule has 0 bridgehead atoms. The van der Waals surface area contributed by atoms with E-state index in [0.717, 1.165) is 25.7 Å². The van der Waals surface area contributed by atoms with Crippen LogP contribution >= 0.6 is 0 Å². The van der Waals surface area contributed by atoms with Gasteiger partial charge in [0.1, 0.15) is 11.3 Å². The van der Waals surface area contributed by atoms with Gasteiger partial charge in [-0.05, 0) is 12.8 Å². The number of aliphatic hydroxyl groups is 1. The molecule has 1 fully saturated rings. The summed E-state index contributed by atoms with van der Waals surface area (Å²) in [4.78, 5) is 14.1. The Morgan fingerprint density at radius 1 is 1.48 bits per heavy atom. The first-order valence-electron chi connectivity index (χ1n) is 7.66. The molecule has 6 heteroatoms. The lowest BCUT2D eigenvalue weighted by molar-refractivity contribution is -0.126. The van der Waals surface area contributed by atoms with Crippen LogP contribution in [0.25, 0.3) is 0 Å². The van der Waals surface area contributed by atoms with Gasteiger partial charge in [-0.15, -0.1) is 0 Å². The Kier molecular flexibility index (Phi) is 5.12. The molecule has 1 aromatic heterocycles. The number of nitrogens with one attached hydrogen (secondary N) is 1. The standard InChI is InChI=1S/C15H24N4O2/c1-3-5-12(6-4-2)9-14(20)19-8-7-15(21,11-19)13-10-16-18-17-13/h9-10,21H,3-8,11H2,1-2H3,(H,16,17,18)/t15-/m1/s1. The van der Waals surface area contributed by atoms with E-state index in [2.05, 4.69) is 29.3 Å². The third-order valence-corrected chi connectivity index (χ3v) is 3.92. The molecule has 1 aliphatic rings. The third-order valence-electron chi connectivity index (χ3n) is 3.92. The van der Waals surface area contributed by atoms with Crippen molar-refractivity contribution in [2.45, 2.75) is 51.6 Å². The van der Waals surface area contributed by atoms with Crippen LogP contribution in [-0.2, 0) is 10.4 Å². The zero-order valence-electron chi connectivity index (χ0n) is 12.8. The van der Waals surface area contributed by atoms with Crippen LogP contribution in [0.2, 0.25) is 0 Å². The Hall–Kier alpha value is -1.69. The highest BCUT2D eigenvalue weighted by Gasteiger charge is 2.41. The molecule has 2 rings (SSSR count). The van der Waals surface area contributed by atoms with Gasteiger partial charge in [-0.25, -0.2) is 0 Å². The van der Waals surface area contributed by atoms with Gasteiger partial charge in [0, 0.05) is 19.0 Å². The van der Waals surface area contributed by atoms with E-state index in [0.29, 0.717) is 18.7 Å².